The molecule has 0 aliphatic rings. The van der Waals surface area contributed by atoms with Gasteiger partial charge in [0.05, 0.1) is 11.5 Å². The monoisotopic (exact) mass is 352 g/mol. The SMILES string of the molecule is CC(C)n1ccc(C(=O)Nc2cccc(S(=O)(=O)NCCO)c2)n1. The van der Waals surface area contributed by atoms with E-state index in [9.17, 15) is 13.2 Å². The Bertz CT molecular complexity index is 814. The van der Waals surface area contributed by atoms with Crippen LogP contribution in [0.1, 0.15) is 30.4 Å². The minimum atomic E-state index is -3.73. The molecule has 0 saturated heterocycles. The van der Waals surface area contributed by atoms with E-state index in [4.69, 9.17) is 5.11 Å². The van der Waals surface area contributed by atoms with Crippen molar-refractivity contribution in [3.8, 4) is 0 Å². The lowest BCUT2D eigenvalue weighted by molar-refractivity contribution is 0.102. The van der Waals surface area contributed by atoms with Gasteiger partial charge in [-0.3, -0.25) is 9.48 Å². The molecule has 3 N–H and O–H groups in total. The molecule has 0 atom stereocenters. The molecule has 0 saturated carbocycles. The highest BCUT2D eigenvalue weighted by molar-refractivity contribution is 7.89. The molecule has 130 valence electrons. The Morgan fingerprint density at radius 1 is 1.33 bits per heavy atom. The lowest BCUT2D eigenvalue weighted by Crippen LogP contribution is -2.26. The number of hydrogen-bond donors (Lipinski definition) is 3. The third-order valence-corrected chi connectivity index (χ3v) is 4.63. The van der Waals surface area contributed by atoms with E-state index >= 15 is 0 Å². The molecule has 0 aliphatic carbocycles. The molecule has 0 bridgehead atoms. The van der Waals surface area contributed by atoms with Crippen molar-refractivity contribution >= 4 is 21.6 Å². The zero-order valence-corrected chi connectivity index (χ0v) is 14.2. The van der Waals surface area contributed by atoms with Gasteiger partial charge < -0.3 is 10.4 Å². The maximum absolute atomic E-state index is 12.2. The number of nitrogens with zero attached hydrogens (tertiary/aromatic N) is 2. The molecule has 2 aromatic rings. The Morgan fingerprint density at radius 2 is 2.08 bits per heavy atom. The number of amides is 1. The van der Waals surface area contributed by atoms with Gasteiger partial charge in [0.25, 0.3) is 5.91 Å². The molecule has 2 rings (SSSR count). The third kappa shape index (κ3) is 4.40. The maximum Gasteiger partial charge on any atom is 0.276 e. The minimum Gasteiger partial charge on any atom is -0.395 e. The quantitative estimate of drug-likeness (QED) is 0.688. The number of aromatic nitrogens is 2. The molecular weight excluding hydrogens is 332 g/mol. The highest BCUT2D eigenvalue weighted by Crippen LogP contribution is 2.16. The van der Waals surface area contributed by atoms with Crippen molar-refractivity contribution in [2.75, 3.05) is 18.5 Å². The summed E-state index contributed by atoms with van der Waals surface area (Å²) in [6.07, 6.45) is 1.71. The molecule has 0 radical (unpaired) electrons. The van der Waals surface area contributed by atoms with Crippen LogP contribution in [0.15, 0.2) is 41.4 Å². The molecular formula is C15H20N4O4S. The average molecular weight is 352 g/mol. The Balaban J connectivity index is 2.15. The van der Waals surface area contributed by atoms with E-state index in [2.05, 4.69) is 15.1 Å². The number of aliphatic hydroxyl groups excluding tert-OH is 1. The summed E-state index contributed by atoms with van der Waals surface area (Å²) in [5, 5.41) is 15.5. The number of sulfonamides is 1. The van der Waals surface area contributed by atoms with Gasteiger partial charge in [-0.15, -0.1) is 0 Å². The number of carbonyl (C=O) groups is 1. The second kappa shape index (κ2) is 7.56. The van der Waals surface area contributed by atoms with Crippen LogP contribution in [0.25, 0.3) is 0 Å². The standard InChI is InChI=1S/C15H20N4O4S/c1-11(2)19-8-6-14(18-19)15(21)17-12-4-3-5-13(10-12)24(22,23)16-7-9-20/h3-6,8,10-11,16,20H,7,9H2,1-2H3,(H,17,21). The molecule has 0 aliphatic heterocycles. The number of carbonyl (C=O) groups excluding carboxylic acids is 1. The Morgan fingerprint density at radius 3 is 2.71 bits per heavy atom. The smallest absolute Gasteiger partial charge is 0.276 e. The van der Waals surface area contributed by atoms with Crippen LogP contribution in [-0.4, -0.2) is 42.4 Å². The summed E-state index contributed by atoms with van der Waals surface area (Å²) in [7, 11) is -3.73. The fourth-order valence-corrected chi connectivity index (χ4v) is 3.01. The van der Waals surface area contributed by atoms with E-state index in [0.29, 0.717) is 5.69 Å². The summed E-state index contributed by atoms with van der Waals surface area (Å²) in [6.45, 7) is 3.52. The molecule has 0 unspecified atom stereocenters. The van der Waals surface area contributed by atoms with Gasteiger partial charge in [0.1, 0.15) is 0 Å². The van der Waals surface area contributed by atoms with Gasteiger partial charge in [-0.1, -0.05) is 6.07 Å². The highest BCUT2D eigenvalue weighted by atomic mass is 32.2. The second-order valence-electron chi connectivity index (χ2n) is 5.38. The minimum absolute atomic E-state index is 0.00135. The molecule has 1 aromatic heterocycles. The average Bonchev–Trinajstić information content (AvgIpc) is 3.03. The Kier molecular flexibility index (Phi) is 5.71. The van der Waals surface area contributed by atoms with Crippen LogP contribution >= 0.6 is 0 Å². The van der Waals surface area contributed by atoms with Crippen molar-refractivity contribution < 1.29 is 18.3 Å². The topological polar surface area (TPSA) is 113 Å². The van der Waals surface area contributed by atoms with E-state index in [0.717, 1.165) is 0 Å². The molecule has 8 nitrogen and oxygen atoms in total. The predicted molar refractivity (Wildman–Crippen MR) is 89.3 cm³/mol. The number of benzene rings is 1. The first-order chi connectivity index (χ1) is 11.3. The van der Waals surface area contributed by atoms with Gasteiger partial charge in [0.15, 0.2) is 5.69 Å². The predicted octanol–water partition coefficient (Wildman–Crippen LogP) is 0.987. The number of aliphatic hydroxyl groups is 1. The Hall–Kier alpha value is -2.23. The fraction of sp³-hybridized carbons (Fsp3) is 0.333. The summed E-state index contributed by atoms with van der Waals surface area (Å²) < 4.78 is 28.0. The summed E-state index contributed by atoms with van der Waals surface area (Å²) in [5.74, 6) is -0.424. The van der Waals surface area contributed by atoms with Gasteiger partial charge in [0, 0.05) is 24.5 Å². The number of hydrogen-bond acceptors (Lipinski definition) is 5. The van der Waals surface area contributed by atoms with E-state index in [1.807, 2.05) is 13.8 Å². The van der Waals surface area contributed by atoms with E-state index < -0.39 is 15.9 Å². The second-order valence-corrected chi connectivity index (χ2v) is 7.15. The largest absolute Gasteiger partial charge is 0.395 e. The van der Waals surface area contributed by atoms with E-state index in [-0.39, 0.29) is 29.8 Å². The van der Waals surface area contributed by atoms with Crippen molar-refractivity contribution in [3.05, 3.63) is 42.2 Å². The molecule has 1 heterocycles. The molecule has 1 aromatic carbocycles. The van der Waals surface area contributed by atoms with Gasteiger partial charge in [-0.25, -0.2) is 13.1 Å². The maximum atomic E-state index is 12.2. The van der Waals surface area contributed by atoms with Crippen LogP contribution in [0.2, 0.25) is 0 Å². The van der Waals surface area contributed by atoms with Crippen LogP contribution in [0.3, 0.4) is 0 Å². The zero-order chi connectivity index (χ0) is 17.7. The summed E-state index contributed by atoms with van der Waals surface area (Å²) >= 11 is 0. The van der Waals surface area contributed by atoms with Gasteiger partial charge >= 0.3 is 0 Å². The number of nitrogens with one attached hydrogen (secondary N) is 2. The van der Waals surface area contributed by atoms with Crippen LogP contribution in [0, 0.1) is 0 Å². The number of rotatable bonds is 7. The van der Waals surface area contributed by atoms with E-state index in [1.165, 1.54) is 18.2 Å². The number of anilines is 1. The van der Waals surface area contributed by atoms with Crippen molar-refractivity contribution in [2.45, 2.75) is 24.8 Å². The van der Waals surface area contributed by atoms with Crippen molar-refractivity contribution in [1.82, 2.24) is 14.5 Å². The van der Waals surface area contributed by atoms with Crippen molar-refractivity contribution in [1.29, 1.82) is 0 Å². The van der Waals surface area contributed by atoms with Crippen LogP contribution in [0.4, 0.5) is 5.69 Å². The third-order valence-electron chi connectivity index (χ3n) is 3.18. The zero-order valence-electron chi connectivity index (χ0n) is 13.4. The molecule has 0 spiro atoms. The first kappa shape index (κ1) is 18.1. The summed E-state index contributed by atoms with van der Waals surface area (Å²) in [5.41, 5.74) is 0.585. The first-order valence-corrected chi connectivity index (χ1v) is 8.89. The Labute approximate surface area is 140 Å². The highest BCUT2D eigenvalue weighted by Gasteiger charge is 2.15. The molecule has 0 fully saturated rings. The molecule has 1 amide bonds. The summed E-state index contributed by atoms with van der Waals surface area (Å²) in [4.78, 5) is 12.2. The van der Waals surface area contributed by atoms with E-state index in [1.54, 1.807) is 23.0 Å². The molecule has 24 heavy (non-hydrogen) atoms. The first-order valence-electron chi connectivity index (χ1n) is 7.40. The lowest BCUT2D eigenvalue weighted by atomic mass is 10.3. The lowest BCUT2D eigenvalue weighted by Gasteiger charge is -2.08. The normalized spacial score (nSPS) is 11.7. The van der Waals surface area contributed by atoms with Gasteiger partial charge in [-0.2, -0.15) is 5.10 Å². The van der Waals surface area contributed by atoms with Crippen molar-refractivity contribution in [3.63, 3.8) is 0 Å². The summed E-state index contributed by atoms with van der Waals surface area (Å²) in [6, 6.07) is 7.59. The van der Waals surface area contributed by atoms with Gasteiger partial charge in [0.2, 0.25) is 10.0 Å². The fourth-order valence-electron chi connectivity index (χ4n) is 1.95. The van der Waals surface area contributed by atoms with Gasteiger partial charge in [-0.05, 0) is 38.1 Å². The van der Waals surface area contributed by atoms with Crippen LogP contribution in [0.5, 0.6) is 0 Å². The van der Waals surface area contributed by atoms with Crippen LogP contribution < -0.4 is 10.0 Å². The van der Waals surface area contributed by atoms with Crippen molar-refractivity contribution in [2.24, 2.45) is 0 Å². The van der Waals surface area contributed by atoms with Crippen LogP contribution in [-0.2, 0) is 10.0 Å². The molecule has 9 heteroatoms.